The zero-order chi connectivity index (χ0) is 31.2. The molecule has 1 unspecified atom stereocenters. The maximum absolute atomic E-state index is 12.3. The van der Waals surface area contributed by atoms with Gasteiger partial charge in [-0.3, -0.25) is 4.90 Å². The first-order valence-corrected chi connectivity index (χ1v) is 15.5. The first-order chi connectivity index (χ1) is 21.0. The predicted octanol–water partition coefficient (Wildman–Crippen LogP) is 4.47. The van der Waals surface area contributed by atoms with Gasteiger partial charge in [-0.25, -0.2) is 14.8 Å². The number of nitrogens with two attached hydrogens (primary N) is 2. The number of nitrogens with one attached hydrogen (secondary N) is 1. The molecule has 44 heavy (non-hydrogen) atoms. The summed E-state index contributed by atoms with van der Waals surface area (Å²) < 4.78 is 5.50. The van der Waals surface area contributed by atoms with Crippen LogP contribution < -0.4 is 16.4 Å². The Labute approximate surface area is 258 Å². The van der Waals surface area contributed by atoms with Crippen molar-refractivity contribution in [3.05, 3.63) is 64.6 Å². The SMILES string of the molecule is CC1c2c([nH]c(N)c2/C=C(\N)c2ccccc2O)CCN1c1ncc(C2CCN(C3CN(C(=O)OC(C)(C)C)C3)CC2)cn1. The molecule has 0 bridgehead atoms. The second-order valence-corrected chi connectivity index (χ2v) is 13.2. The third-order valence-electron chi connectivity index (χ3n) is 9.14. The van der Waals surface area contributed by atoms with E-state index in [4.69, 9.17) is 26.2 Å². The number of piperidine rings is 1. The number of aromatic amines is 1. The molecule has 1 aromatic carbocycles. The number of fused-ring (bicyclic) bond motifs is 1. The number of aromatic hydroxyl groups is 1. The molecule has 11 nitrogen and oxygen atoms in total. The zero-order valence-electron chi connectivity index (χ0n) is 26.1. The molecule has 0 spiro atoms. The number of H-pyrrole nitrogens is 1. The van der Waals surface area contributed by atoms with Gasteiger partial charge in [0.15, 0.2) is 0 Å². The molecular weight excluding hydrogens is 556 g/mol. The Morgan fingerprint density at radius 3 is 2.45 bits per heavy atom. The van der Waals surface area contributed by atoms with Crippen molar-refractivity contribution in [2.45, 2.75) is 70.6 Å². The predicted molar refractivity (Wildman–Crippen MR) is 172 cm³/mol. The number of amides is 1. The van der Waals surface area contributed by atoms with Crippen LogP contribution in [0.15, 0.2) is 36.7 Å². The monoisotopic (exact) mass is 600 g/mol. The smallest absolute Gasteiger partial charge is 0.410 e. The summed E-state index contributed by atoms with van der Waals surface area (Å²) >= 11 is 0. The number of para-hydroxylation sites is 1. The van der Waals surface area contributed by atoms with Crippen LogP contribution in [0.1, 0.15) is 80.4 Å². The summed E-state index contributed by atoms with van der Waals surface area (Å²) in [5, 5.41) is 10.3. The highest BCUT2D eigenvalue weighted by molar-refractivity contribution is 5.86. The summed E-state index contributed by atoms with van der Waals surface area (Å²) in [5.74, 6) is 1.81. The van der Waals surface area contributed by atoms with Gasteiger partial charge in [0.2, 0.25) is 5.95 Å². The summed E-state index contributed by atoms with van der Waals surface area (Å²) in [6.07, 6.45) is 8.47. The highest BCUT2D eigenvalue weighted by Gasteiger charge is 2.38. The number of carbonyl (C=O) groups is 1. The van der Waals surface area contributed by atoms with Crippen LogP contribution in [0.3, 0.4) is 0 Å². The van der Waals surface area contributed by atoms with Crippen LogP contribution in [0.2, 0.25) is 0 Å². The largest absolute Gasteiger partial charge is 0.507 e. The Morgan fingerprint density at radius 2 is 1.80 bits per heavy atom. The molecule has 2 aromatic heterocycles. The molecule has 0 aliphatic carbocycles. The van der Waals surface area contributed by atoms with E-state index < -0.39 is 5.60 Å². The molecule has 2 saturated heterocycles. The van der Waals surface area contributed by atoms with E-state index in [-0.39, 0.29) is 17.9 Å². The third-order valence-corrected chi connectivity index (χ3v) is 9.14. The van der Waals surface area contributed by atoms with Crippen LogP contribution in [0, 0.1) is 0 Å². The van der Waals surface area contributed by atoms with Crippen LogP contribution in [-0.4, -0.2) is 80.3 Å². The van der Waals surface area contributed by atoms with Crippen molar-refractivity contribution in [1.82, 2.24) is 24.8 Å². The van der Waals surface area contributed by atoms with Gasteiger partial charge in [0, 0.05) is 72.6 Å². The summed E-state index contributed by atoms with van der Waals surface area (Å²) in [5.41, 5.74) is 17.6. The quantitative estimate of drug-likeness (QED) is 0.333. The number of nitrogen functional groups attached to an aromatic ring is 1. The average molecular weight is 601 g/mol. The Bertz CT molecular complexity index is 1530. The lowest BCUT2D eigenvalue weighted by Crippen LogP contribution is -2.62. The number of likely N-dealkylation sites (tertiary alicyclic amines) is 2. The molecule has 1 atom stereocenters. The minimum Gasteiger partial charge on any atom is -0.507 e. The van der Waals surface area contributed by atoms with E-state index in [1.807, 2.05) is 45.3 Å². The van der Waals surface area contributed by atoms with Gasteiger partial charge in [0.1, 0.15) is 17.2 Å². The van der Waals surface area contributed by atoms with Crippen LogP contribution in [0.5, 0.6) is 5.75 Å². The first-order valence-electron chi connectivity index (χ1n) is 15.5. The molecule has 3 aliphatic rings. The molecule has 0 saturated carbocycles. The number of ether oxygens (including phenoxy) is 1. The van der Waals surface area contributed by atoms with E-state index in [9.17, 15) is 9.90 Å². The number of hydrogen-bond donors (Lipinski definition) is 4. The number of anilines is 2. The normalized spacial score (nSPS) is 20.4. The highest BCUT2D eigenvalue weighted by Crippen LogP contribution is 2.39. The van der Waals surface area contributed by atoms with E-state index in [0.29, 0.717) is 35.0 Å². The minimum absolute atomic E-state index is 0.0208. The van der Waals surface area contributed by atoms with Gasteiger partial charge >= 0.3 is 6.09 Å². The van der Waals surface area contributed by atoms with Crippen molar-refractivity contribution in [3.63, 3.8) is 0 Å². The first kappa shape index (κ1) is 29.8. The van der Waals surface area contributed by atoms with Crippen molar-refractivity contribution in [3.8, 4) is 5.75 Å². The topological polar surface area (TPSA) is 150 Å². The second-order valence-electron chi connectivity index (χ2n) is 13.2. The lowest BCUT2D eigenvalue weighted by Gasteiger charge is -2.47. The number of phenols is 1. The van der Waals surface area contributed by atoms with Crippen molar-refractivity contribution >= 4 is 29.6 Å². The highest BCUT2D eigenvalue weighted by atomic mass is 16.6. The number of hydrogen-bond acceptors (Lipinski definition) is 9. The number of carbonyl (C=O) groups excluding carboxylic acids is 1. The van der Waals surface area contributed by atoms with Crippen LogP contribution in [0.25, 0.3) is 11.8 Å². The van der Waals surface area contributed by atoms with E-state index in [1.165, 1.54) is 5.56 Å². The Kier molecular flexibility index (Phi) is 7.91. The minimum atomic E-state index is -0.466. The molecule has 6 rings (SSSR count). The van der Waals surface area contributed by atoms with Crippen LogP contribution in [0.4, 0.5) is 16.6 Å². The Morgan fingerprint density at radius 1 is 1.11 bits per heavy atom. The molecule has 234 valence electrons. The van der Waals surface area contributed by atoms with Crippen molar-refractivity contribution < 1.29 is 14.6 Å². The van der Waals surface area contributed by atoms with Gasteiger partial charge < -0.3 is 36.1 Å². The summed E-state index contributed by atoms with van der Waals surface area (Å²) in [7, 11) is 0. The molecule has 11 heteroatoms. The fourth-order valence-electron chi connectivity index (χ4n) is 6.69. The van der Waals surface area contributed by atoms with Crippen molar-refractivity contribution in [1.29, 1.82) is 0 Å². The Balaban J connectivity index is 1.08. The number of nitrogens with zero attached hydrogens (tertiary/aromatic N) is 5. The van der Waals surface area contributed by atoms with Gasteiger partial charge in [0.25, 0.3) is 0 Å². The lowest BCUT2D eigenvalue weighted by molar-refractivity contribution is -0.0196. The maximum Gasteiger partial charge on any atom is 0.410 e. The third kappa shape index (κ3) is 5.93. The molecule has 6 N–H and O–H groups in total. The zero-order valence-corrected chi connectivity index (χ0v) is 26.1. The van der Waals surface area contributed by atoms with E-state index in [0.717, 1.165) is 68.8 Å². The van der Waals surface area contributed by atoms with Gasteiger partial charge in [-0.1, -0.05) is 12.1 Å². The fraction of sp³-hybridized carbons (Fsp3) is 0.485. The lowest BCUT2D eigenvalue weighted by atomic mass is 9.90. The fourth-order valence-corrected chi connectivity index (χ4v) is 6.69. The summed E-state index contributed by atoms with van der Waals surface area (Å²) in [6, 6.07) is 7.41. The average Bonchev–Trinajstić information content (AvgIpc) is 3.27. The Hall–Kier alpha value is -4.25. The van der Waals surface area contributed by atoms with Gasteiger partial charge in [0.05, 0.1) is 6.04 Å². The van der Waals surface area contributed by atoms with E-state index in [2.05, 4.69) is 21.7 Å². The molecule has 3 aliphatic heterocycles. The molecule has 2 fully saturated rings. The molecule has 5 heterocycles. The van der Waals surface area contributed by atoms with E-state index in [1.54, 1.807) is 23.1 Å². The maximum atomic E-state index is 12.3. The van der Waals surface area contributed by atoms with E-state index >= 15 is 0 Å². The number of phenolic OH excluding ortho intramolecular Hbond substituents is 1. The molecule has 3 aromatic rings. The second kappa shape index (κ2) is 11.7. The van der Waals surface area contributed by atoms with Crippen LogP contribution in [-0.2, 0) is 11.2 Å². The summed E-state index contributed by atoms with van der Waals surface area (Å²) in [6.45, 7) is 12.1. The number of aromatic nitrogens is 3. The standard InChI is InChI=1S/C33H44N8O3/c1-20-29-25(15-26(34)24-7-5-6-8-28(24)42)30(35)38-27(29)11-14-41(20)31-36-16-22(17-37-31)21-9-12-39(13-10-21)23-18-40(19-23)32(43)44-33(2,3)4/h5-8,15-17,20-21,23,38,42H,9-14,18-19,34-35H2,1-4H3/b26-15-. The van der Waals surface area contributed by atoms with Gasteiger partial charge in [-0.15, -0.1) is 0 Å². The van der Waals surface area contributed by atoms with Gasteiger partial charge in [-0.05, 0) is 83.3 Å². The summed E-state index contributed by atoms with van der Waals surface area (Å²) in [4.78, 5) is 31.8. The van der Waals surface area contributed by atoms with Crippen LogP contribution >= 0.6 is 0 Å². The van der Waals surface area contributed by atoms with Crippen molar-refractivity contribution in [2.24, 2.45) is 5.73 Å². The molecular formula is C33H44N8O3. The van der Waals surface area contributed by atoms with Crippen molar-refractivity contribution in [2.75, 3.05) is 43.4 Å². The number of benzene rings is 1. The number of rotatable bonds is 5. The molecule has 1 amide bonds. The van der Waals surface area contributed by atoms with Gasteiger partial charge in [-0.2, -0.15) is 0 Å². The molecule has 0 radical (unpaired) electrons.